The normalized spacial score (nSPS) is 10.9. The summed E-state index contributed by atoms with van der Waals surface area (Å²) in [5.74, 6) is -1.66. The van der Waals surface area contributed by atoms with Crippen molar-refractivity contribution in [2.24, 2.45) is 5.18 Å². The molecule has 0 unspecified atom stereocenters. The number of benzene rings is 1. The van der Waals surface area contributed by atoms with Gasteiger partial charge >= 0.3 is 5.91 Å². The number of rotatable bonds is 3. The van der Waals surface area contributed by atoms with Gasteiger partial charge < -0.3 is 15.9 Å². The Morgan fingerprint density at radius 2 is 1.83 bits per heavy atom. The SMILES string of the molecule is Cc1nc(C(=O)N=O)c(N)c2c(O)n(Cc3ccccc3)c(O)c12. The number of nitroso groups, excluding NO2 is 1. The highest BCUT2D eigenvalue weighted by Crippen LogP contribution is 2.42. The minimum atomic E-state index is -1.13. The van der Waals surface area contributed by atoms with Gasteiger partial charge in [0, 0.05) is 5.18 Å². The molecule has 0 radical (unpaired) electrons. The summed E-state index contributed by atoms with van der Waals surface area (Å²) in [4.78, 5) is 26.0. The average Bonchev–Trinajstić information content (AvgIpc) is 2.84. The highest BCUT2D eigenvalue weighted by atomic mass is 16.3. The second kappa shape index (κ2) is 5.65. The van der Waals surface area contributed by atoms with Crippen molar-refractivity contribution in [3.63, 3.8) is 0 Å². The van der Waals surface area contributed by atoms with Crippen LogP contribution in [0.3, 0.4) is 0 Å². The summed E-state index contributed by atoms with van der Waals surface area (Å²) in [5.41, 5.74) is 6.44. The fourth-order valence-electron chi connectivity index (χ4n) is 2.72. The van der Waals surface area contributed by atoms with Crippen molar-refractivity contribution >= 4 is 22.4 Å². The third-order valence-corrected chi connectivity index (χ3v) is 3.84. The van der Waals surface area contributed by atoms with Gasteiger partial charge in [-0.15, -0.1) is 4.91 Å². The molecule has 0 fully saturated rings. The lowest BCUT2D eigenvalue weighted by atomic mass is 10.1. The first kappa shape index (κ1) is 15.5. The highest BCUT2D eigenvalue weighted by molar-refractivity contribution is 6.10. The van der Waals surface area contributed by atoms with E-state index in [1.165, 1.54) is 11.5 Å². The van der Waals surface area contributed by atoms with Crippen LogP contribution in [0.4, 0.5) is 5.69 Å². The van der Waals surface area contributed by atoms with Gasteiger partial charge in [-0.3, -0.25) is 9.36 Å². The van der Waals surface area contributed by atoms with E-state index in [1.54, 1.807) is 0 Å². The predicted octanol–water partition coefficient (Wildman–Crippen LogP) is 2.29. The third kappa shape index (κ3) is 2.24. The Bertz CT molecular complexity index is 964. The van der Waals surface area contributed by atoms with E-state index >= 15 is 0 Å². The van der Waals surface area contributed by atoms with E-state index in [2.05, 4.69) is 10.2 Å². The Labute approximate surface area is 136 Å². The molecular formula is C16H14N4O4. The molecule has 0 atom stereocenters. The molecular weight excluding hydrogens is 312 g/mol. The molecule has 0 saturated heterocycles. The van der Waals surface area contributed by atoms with Crippen LogP contribution in [0.15, 0.2) is 35.5 Å². The third-order valence-electron chi connectivity index (χ3n) is 3.84. The number of nitrogens with zero attached hydrogens (tertiary/aromatic N) is 3. The number of carbonyl (C=O) groups is 1. The van der Waals surface area contributed by atoms with Crippen LogP contribution >= 0.6 is 0 Å². The largest absolute Gasteiger partial charge is 0.494 e. The summed E-state index contributed by atoms with van der Waals surface area (Å²) in [7, 11) is 0. The maximum absolute atomic E-state index is 11.6. The van der Waals surface area contributed by atoms with E-state index in [0.717, 1.165) is 5.56 Å². The summed E-state index contributed by atoms with van der Waals surface area (Å²) < 4.78 is 1.26. The van der Waals surface area contributed by atoms with Gasteiger partial charge in [0.05, 0.1) is 28.7 Å². The van der Waals surface area contributed by atoms with Crippen molar-refractivity contribution in [1.29, 1.82) is 0 Å². The Morgan fingerprint density at radius 3 is 2.46 bits per heavy atom. The quantitative estimate of drug-likeness (QED) is 0.633. The number of carbonyl (C=O) groups excluding carboxylic acids is 1. The number of pyridine rings is 1. The topological polar surface area (TPSA) is 131 Å². The lowest BCUT2D eigenvalue weighted by molar-refractivity contribution is 0.0997. The summed E-state index contributed by atoms with van der Waals surface area (Å²) in [5, 5.41) is 23.6. The molecule has 0 aliphatic carbocycles. The summed E-state index contributed by atoms with van der Waals surface area (Å²) >= 11 is 0. The molecule has 3 rings (SSSR count). The summed E-state index contributed by atoms with van der Waals surface area (Å²) in [6, 6.07) is 9.19. The summed E-state index contributed by atoms with van der Waals surface area (Å²) in [6.07, 6.45) is 0. The van der Waals surface area contributed by atoms with E-state index < -0.39 is 5.91 Å². The number of aryl methyl sites for hydroxylation is 1. The Balaban J connectivity index is 2.27. The number of nitrogens with two attached hydrogens (primary N) is 1. The lowest BCUT2D eigenvalue weighted by Gasteiger charge is -2.06. The Hall–Kier alpha value is -3.42. The predicted molar refractivity (Wildman–Crippen MR) is 87.9 cm³/mol. The number of anilines is 1. The van der Waals surface area contributed by atoms with Gasteiger partial charge in [0.15, 0.2) is 5.69 Å². The van der Waals surface area contributed by atoms with Gasteiger partial charge in [0.1, 0.15) is 0 Å². The van der Waals surface area contributed by atoms with Crippen LogP contribution in [0.5, 0.6) is 11.8 Å². The van der Waals surface area contributed by atoms with Gasteiger partial charge in [0.25, 0.3) is 0 Å². The molecule has 2 heterocycles. The number of hydrogen-bond donors (Lipinski definition) is 3. The molecule has 24 heavy (non-hydrogen) atoms. The molecule has 2 aromatic heterocycles. The van der Waals surface area contributed by atoms with E-state index in [-0.39, 0.29) is 46.2 Å². The minimum absolute atomic E-state index is 0.0722. The maximum Gasteiger partial charge on any atom is 0.337 e. The van der Waals surface area contributed by atoms with Crippen molar-refractivity contribution in [3.8, 4) is 11.8 Å². The first-order valence-corrected chi connectivity index (χ1v) is 7.07. The minimum Gasteiger partial charge on any atom is -0.494 e. The highest BCUT2D eigenvalue weighted by Gasteiger charge is 2.25. The van der Waals surface area contributed by atoms with Crippen molar-refractivity contribution in [2.45, 2.75) is 13.5 Å². The number of nitrogen functional groups attached to an aromatic ring is 1. The average molecular weight is 326 g/mol. The molecule has 3 aromatic rings. The second-order valence-electron chi connectivity index (χ2n) is 5.32. The zero-order valence-electron chi connectivity index (χ0n) is 12.7. The van der Waals surface area contributed by atoms with E-state index in [1.807, 2.05) is 30.3 Å². The number of aromatic nitrogens is 2. The standard InChI is InChI=1S/C16H14N4O4/c1-8-10-11(12(17)13(18-8)14(21)19-24)16(23)20(15(10)22)7-9-5-3-2-4-6-9/h2-6,22-23H,7,17H2,1H3. The zero-order chi connectivity index (χ0) is 17.4. The molecule has 8 nitrogen and oxygen atoms in total. The van der Waals surface area contributed by atoms with Crippen LogP contribution in [0, 0.1) is 11.8 Å². The van der Waals surface area contributed by atoms with Crippen LogP contribution in [-0.4, -0.2) is 25.7 Å². The number of hydrogen-bond acceptors (Lipinski definition) is 6. The molecule has 0 spiro atoms. The number of amides is 1. The number of fused-ring (bicyclic) bond motifs is 1. The molecule has 0 bridgehead atoms. The molecule has 0 aliphatic rings. The van der Waals surface area contributed by atoms with E-state index in [9.17, 15) is 19.9 Å². The van der Waals surface area contributed by atoms with Crippen LogP contribution < -0.4 is 5.73 Å². The van der Waals surface area contributed by atoms with Crippen LogP contribution in [0.25, 0.3) is 10.8 Å². The van der Waals surface area contributed by atoms with Gasteiger partial charge in [-0.1, -0.05) is 30.3 Å². The van der Waals surface area contributed by atoms with E-state index in [4.69, 9.17) is 5.73 Å². The molecule has 0 saturated carbocycles. The fraction of sp³-hybridized carbons (Fsp3) is 0.125. The number of aromatic hydroxyl groups is 2. The van der Waals surface area contributed by atoms with Crippen molar-refractivity contribution in [3.05, 3.63) is 52.2 Å². The summed E-state index contributed by atoms with van der Waals surface area (Å²) in [6.45, 7) is 1.73. The maximum atomic E-state index is 11.6. The van der Waals surface area contributed by atoms with Crippen molar-refractivity contribution in [2.75, 3.05) is 5.73 Å². The Morgan fingerprint density at radius 1 is 1.21 bits per heavy atom. The van der Waals surface area contributed by atoms with Crippen LogP contribution in [0.1, 0.15) is 21.7 Å². The van der Waals surface area contributed by atoms with Gasteiger partial charge in [-0.05, 0) is 12.5 Å². The molecule has 0 aliphatic heterocycles. The monoisotopic (exact) mass is 326 g/mol. The molecule has 4 N–H and O–H groups in total. The lowest BCUT2D eigenvalue weighted by Crippen LogP contribution is -2.05. The van der Waals surface area contributed by atoms with E-state index in [0.29, 0.717) is 0 Å². The zero-order valence-corrected chi connectivity index (χ0v) is 12.7. The molecule has 8 heteroatoms. The van der Waals surface area contributed by atoms with Crippen molar-refractivity contribution in [1.82, 2.24) is 9.55 Å². The Kier molecular flexibility index (Phi) is 3.64. The van der Waals surface area contributed by atoms with Gasteiger partial charge in [0.2, 0.25) is 11.8 Å². The fourth-order valence-corrected chi connectivity index (χ4v) is 2.72. The second-order valence-corrected chi connectivity index (χ2v) is 5.32. The molecule has 1 aromatic carbocycles. The first-order valence-electron chi connectivity index (χ1n) is 7.07. The van der Waals surface area contributed by atoms with Gasteiger partial charge in [-0.2, -0.15) is 0 Å². The van der Waals surface area contributed by atoms with Crippen molar-refractivity contribution < 1.29 is 15.0 Å². The van der Waals surface area contributed by atoms with Crippen LogP contribution in [-0.2, 0) is 6.54 Å². The first-order chi connectivity index (χ1) is 11.5. The molecule has 1 amide bonds. The van der Waals surface area contributed by atoms with Crippen LogP contribution in [0.2, 0.25) is 0 Å². The smallest absolute Gasteiger partial charge is 0.337 e. The molecule has 122 valence electrons. The van der Waals surface area contributed by atoms with Gasteiger partial charge in [-0.25, -0.2) is 4.98 Å².